The van der Waals surface area contributed by atoms with Crippen molar-refractivity contribution in [2.24, 2.45) is 0 Å². The number of para-hydroxylation sites is 4. The molecular weight excluding hydrogens is 1080 g/mol. The Balaban J connectivity index is 0.000000181. The number of nitrogens with zero attached hydrogens (tertiary/aromatic N) is 4. The van der Waals surface area contributed by atoms with Crippen LogP contribution in [-0.4, -0.2) is 14.1 Å². The molecular formula is C64H49FIrN4OS+. The molecule has 8 heteroatoms. The van der Waals surface area contributed by atoms with Crippen molar-refractivity contribution < 1.29 is 33.5 Å². The molecule has 4 heterocycles. The van der Waals surface area contributed by atoms with E-state index in [1.807, 2.05) is 22.8 Å². The molecule has 0 N–H and O–H groups in total. The average molecular weight is 1130 g/mol. The number of hydrogen-bond donors (Lipinski definition) is 0. The minimum absolute atomic E-state index is 0. The van der Waals surface area contributed by atoms with E-state index in [9.17, 15) is 4.39 Å². The zero-order chi connectivity index (χ0) is 48.5. The summed E-state index contributed by atoms with van der Waals surface area (Å²) in [6.07, 6.45) is 3.47. The van der Waals surface area contributed by atoms with Gasteiger partial charge in [-0.1, -0.05) is 165 Å². The van der Waals surface area contributed by atoms with Gasteiger partial charge in [-0.25, -0.2) is 0 Å². The normalized spacial score (nSPS) is 11.9. The molecule has 0 radical (unpaired) electrons. The van der Waals surface area contributed by atoms with Crippen LogP contribution in [0.4, 0.5) is 4.39 Å². The minimum atomic E-state index is -0.267. The predicted octanol–water partition coefficient (Wildman–Crippen LogP) is 16.7. The van der Waals surface area contributed by atoms with E-state index in [-0.39, 0.29) is 37.8 Å². The topological polar surface area (TPSA) is 39.8 Å². The van der Waals surface area contributed by atoms with Crippen LogP contribution in [0.2, 0.25) is 0 Å². The number of aryl methyl sites for hydroxylation is 2. The number of fused-ring (bicyclic) bond motifs is 6. The number of furan rings is 1. The summed E-state index contributed by atoms with van der Waals surface area (Å²) in [7, 11) is 0. The molecule has 1 aliphatic rings. The van der Waals surface area contributed by atoms with Crippen molar-refractivity contribution in [1.29, 1.82) is 0 Å². The Morgan fingerprint density at radius 2 is 1.26 bits per heavy atom. The number of benzene rings is 9. The van der Waals surface area contributed by atoms with E-state index in [2.05, 4.69) is 215 Å². The molecule has 0 amide bonds. The molecule has 352 valence electrons. The Bertz CT molecular complexity index is 3970. The molecule has 0 atom stereocenters. The minimum Gasteiger partial charge on any atom is -0.501 e. The van der Waals surface area contributed by atoms with E-state index < -0.39 is 0 Å². The number of hydrogen-bond acceptors (Lipinski definition) is 3. The summed E-state index contributed by atoms with van der Waals surface area (Å²) in [5.41, 5.74) is 19.6. The Labute approximate surface area is 437 Å². The summed E-state index contributed by atoms with van der Waals surface area (Å²) in [4.78, 5) is 7.26. The molecule has 0 bridgehead atoms. The fourth-order valence-electron chi connectivity index (χ4n) is 10.3. The first-order valence-electron chi connectivity index (χ1n) is 24.2. The SMILES string of the molecule is CC(C)c1cc(-c2ccccc2)cc(C(C)C)c1-n1c(-c2[c-]ccc3c2oc2cc(-c4ccccc4)ccc23)nc2ccccc21.Cc1cccc(C)c1-n1[c-][n+]2c3c(cccc31)Sc1cc(F)c[c-]c1-2.[Ir+3]. The quantitative estimate of drug-likeness (QED) is 0.118. The fourth-order valence-corrected chi connectivity index (χ4v) is 11.4. The van der Waals surface area contributed by atoms with Crippen molar-refractivity contribution in [3.8, 4) is 50.7 Å². The smallest absolute Gasteiger partial charge is 0.501 e. The summed E-state index contributed by atoms with van der Waals surface area (Å²) in [6.45, 7) is 13.4. The molecule has 0 saturated carbocycles. The summed E-state index contributed by atoms with van der Waals surface area (Å²) < 4.78 is 26.9. The summed E-state index contributed by atoms with van der Waals surface area (Å²) in [5.74, 6) is 1.14. The zero-order valence-electron chi connectivity index (χ0n) is 40.7. The number of halogens is 1. The molecule has 9 aromatic carbocycles. The second kappa shape index (κ2) is 19.0. The van der Waals surface area contributed by atoms with Gasteiger partial charge in [0.2, 0.25) is 0 Å². The molecule has 0 unspecified atom stereocenters. The molecule has 0 spiro atoms. The van der Waals surface area contributed by atoms with Crippen molar-refractivity contribution in [3.05, 3.63) is 222 Å². The van der Waals surface area contributed by atoms with Crippen LogP contribution in [-0.2, 0) is 20.1 Å². The van der Waals surface area contributed by atoms with E-state index in [1.165, 1.54) is 50.7 Å². The molecule has 5 nitrogen and oxygen atoms in total. The van der Waals surface area contributed by atoms with E-state index in [0.29, 0.717) is 0 Å². The summed E-state index contributed by atoms with van der Waals surface area (Å²) >= 11 is 1.58. The van der Waals surface area contributed by atoms with Crippen LogP contribution < -0.4 is 4.57 Å². The van der Waals surface area contributed by atoms with Crippen LogP contribution in [0, 0.1) is 38.1 Å². The standard InChI is InChI=1S/C43H35N2O.C21H14FN2S.Ir/c1-27(2)36-24-32(30-16-9-6-10-17-30)25-37(28(3)4)41(36)45-39-21-12-11-20-38(39)44-43(45)35-19-13-18-34-33-23-22-31(26-40(33)46-42(34)35)29-14-7-5-8-15-29;1-13-5-3-6-14(2)20(13)24-12-23-16-10-9-15(22)11-19(16)25-18-8-4-7-17(24)21(18)23;/h5-18,20-28H,1-4H3;3-9,11H,1-2H3;/q2*-1;+3. The Hall–Kier alpha value is -7.35. The van der Waals surface area contributed by atoms with Gasteiger partial charge in [-0.05, 0) is 106 Å². The third-order valence-electron chi connectivity index (χ3n) is 13.7. The Morgan fingerprint density at radius 1 is 0.611 bits per heavy atom. The van der Waals surface area contributed by atoms with Gasteiger partial charge in [0.05, 0.1) is 39.2 Å². The maximum Gasteiger partial charge on any atom is 3.00 e. The van der Waals surface area contributed by atoms with Crippen LogP contribution in [0.3, 0.4) is 0 Å². The Morgan fingerprint density at radius 3 is 1.97 bits per heavy atom. The predicted molar refractivity (Wildman–Crippen MR) is 288 cm³/mol. The van der Waals surface area contributed by atoms with Gasteiger partial charge in [-0.2, -0.15) is 17.8 Å². The van der Waals surface area contributed by atoms with Crippen molar-refractivity contribution in [1.82, 2.24) is 14.1 Å². The second-order valence-electron chi connectivity index (χ2n) is 19.0. The third kappa shape index (κ3) is 8.08. The largest absolute Gasteiger partial charge is 3.00 e. The fraction of sp³-hybridized carbons (Fsp3) is 0.125. The van der Waals surface area contributed by atoms with Crippen molar-refractivity contribution in [3.63, 3.8) is 0 Å². The molecule has 1 aliphatic heterocycles. The number of imidazole rings is 2. The van der Waals surface area contributed by atoms with Gasteiger partial charge in [0.15, 0.2) is 0 Å². The van der Waals surface area contributed by atoms with Gasteiger partial charge in [0.1, 0.15) is 5.58 Å². The van der Waals surface area contributed by atoms with Crippen LogP contribution in [0.1, 0.15) is 61.8 Å². The second-order valence-corrected chi connectivity index (χ2v) is 20.1. The van der Waals surface area contributed by atoms with Crippen LogP contribution in [0.25, 0.3) is 94.7 Å². The van der Waals surface area contributed by atoms with Crippen molar-refractivity contribution in [2.45, 2.75) is 63.2 Å². The molecule has 13 rings (SSSR count). The zero-order valence-corrected chi connectivity index (χ0v) is 43.9. The maximum atomic E-state index is 13.7. The third-order valence-corrected chi connectivity index (χ3v) is 14.7. The van der Waals surface area contributed by atoms with E-state index in [1.54, 1.807) is 17.8 Å². The summed E-state index contributed by atoms with van der Waals surface area (Å²) in [6, 6.07) is 67.0. The van der Waals surface area contributed by atoms with E-state index in [0.717, 1.165) is 82.1 Å². The van der Waals surface area contributed by atoms with E-state index in [4.69, 9.17) is 9.40 Å². The van der Waals surface area contributed by atoms with Gasteiger partial charge in [-0.15, -0.1) is 30.3 Å². The Kier molecular flexibility index (Phi) is 12.4. The number of aromatic nitrogens is 4. The summed E-state index contributed by atoms with van der Waals surface area (Å²) in [5, 5.41) is 2.15. The first-order valence-corrected chi connectivity index (χ1v) is 25.0. The van der Waals surface area contributed by atoms with E-state index >= 15 is 0 Å². The first-order chi connectivity index (χ1) is 34.6. The van der Waals surface area contributed by atoms with Crippen molar-refractivity contribution >= 4 is 55.8 Å². The molecule has 0 saturated heterocycles. The van der Waals surface area contributed by atoms with Gasteiger partial charge in [0, 0.05) is 21.8 Å². The van der Waals surface area contributed by atoms with Crippen molar-refractivity contribution in [2.75, 3.05) is 0 Å². The first kappa shape index (κ1) is 47.0. The molecule has 0 fully saturated rings. The van der Waals surface area contributed by atoms with Crippen LogP contribution in [0.5, 0.6) is 0 Å². The molecule has 72 heavy (non-hydrogen) atoms. The van der Waals surface area contributed by atoms with Crippen LogP contribution >= 0.6 is 11.8 Å². The number of rotatable bonds is 7. The van der Waals surface area contributed by atoms with Crippen LogP contribution in [0.15, 0.2) is 190 Å². The molecule has 12 aromatic rings. The molecule has 0 aliphatic carbocycles. The van der Waals surface area contributed by atoms with Gasteiger partial charge in [0.25, 0.3) is 6.33 Å². The van der Waals surface area contributed by atoms with Gasteiger partial charge in [-0.3, -0.25) is 13.9 Å². The maximum absolute atomic E-state index is 13.7. The average Bonchev–Trinajstić information content (AvgIpc) is 4.09. The monoisotopic (exact) mass is 1130 g/mol. The molecule has 3 aromatic heterocycles. The van der Waals surface area contributed by atoms with Gasteiger partial charge < -0.3 is 13.6 Å². The van der Waals surface area contributed by atoms with Gasteiger partial charge >= 0.3 is 20.1 Å².